The van der Waals surface area contributed by atoms with Crippen LogP contribution in [0, 0.1) is 12.7 Å². The van der Waals surface area contributed by atoms with Crippen molar-refractivity contribution >= 4 is 23.2 Å². The van der Waals surface area contributed by atoms with Crippen LogP contribution in [0.1, 0.15) is 15.9 Å². The lowest BCUT2D eigenvalue weighted by atomic mass is 10.1. The average molecular weight is 448 g/mol. The van der Waals surface area contributed by atoms with E-state index in [-0.39, 0.29) is 24.0 Å². The van der Waals surface area contributed by atoms with Gasteiger partial charge in [-0.25, -0.2) is 4.39 Å². The maximum absolute atomic E-state index is 13.9. The molecule has 170 valence electrons. The van der Waals surface area contributed by atoms with E-state index >= 15 is 0 Å². The van der Waals surface area contributed by atoms with Crippen molar-refractivity contribution in [2.45, 2.75) is 6.92 Å². The predicted octanol–water partition coefficient (Wildman–Crippen LogP) is 4.11. The highest BCUT2D eigenvalue weighted by molar-refractivity contribution is 5.94. The molecule has 7 heteroatoms. The van der Waals surface area contributed by atoms with Gasteiger partial charge in [0.2, 0.25) is 0 Å². The molecule has 0 aromatic heterocycles. The van der Waals surface area contributed by atoms with E-state index in [1.807, 2.05) is 55.5 Å². The molecule has 1 aliphatic heterocycles. The van der Waals surface area contributed by atoms with Crippen LogP contribution in [0.4, 0.5) is 15.8 Å². The number of benzene rings is 3. The summed E-state index contributed by atoms with van der Waals surface area (Å²) in [5.41, 5.74) is 2.92. The Bertz CT molecular complexity index is 1110. The molecule has 0 spiro atoms. The first kappa shape index (κ1) is 22.3. The van der Waals surface area contributed by atoms with Crippen LogP contribution in [0.2, 0.25) is 0 Å². The lowest BCUT2D eigenvalue weighted by Gasteiger charge is -2.36. The Kier molecular flexibility index (Phi) is 6.88. The zero-order valence-corrected chi connectivity index (χ0v) is 18.5. The van der Waals surface area contributed by atoms with E-state index in [1.165, 1.54) is 12.1 Å². The first-order valence-electron chi connectivity index (χ1n) is 10.9. The highest BCUT2D eigenvalue weighted by atomic mass is 19.1. The number of aryl methyl sites for hydroxylation is 1. The van der Waals surface area contributed by atoms with E-state index in [0.29, 0.717) is 37.6 Å². The largest absolute Gasteiger partial charge is 0.484 e. The molecule has 1 fully saturated rings. The van der Waals surface area contributed by atoms with E-state index in [1.54, 1.807) is 17.0 Å². The topological polar surface area (TPSA) is 61.9 Å². The van der Waals surface area contributed by atoms with Crippen LogP contribution in [0.5, 0.6) is 5.75 Å². The highest BCUT2D eigenvalue weighted by Crippen LogP contribution is 2.21. The lowest BCUT2D eigenvalue weighted by Crippen LogP contribution is -2.49. The van der Waals surface area contributed by atoms with Crippen molar-refractivity contribution in [2.75, 3.05) is 43.0 Å². The van der Waals surface area contributed by atoms with Crippen LogP contribution >= 0.6 is 0 Å². The van der Waals surface area contributed by atoms with Crippen LogP contribution < -0.4 is 15.0 Å². The van der Waals surface area contributed by atoms with Gasteiger partial charge in [0.25, 0.3) is 11.8 Å². The number of anilines is 2. The summed E-state index contributed by atoms with van der Waals surface area (Å²) in [6, 6.07) is 21.2. The molecule has 4 rings (SSSR count). The number of nitrogens with one attached hydrogen (secondary N) is 1. The summed E-state index contributed by atoms with van der Waals surface area (Å²) in [6.07, 6.45) is 0. The molecule has 3 aromatic carbocycles. The molecule has 1 heterocycles. The number of hydrogen-bond acceptors (Lipinski definition) is 4. The van der Waals surface area contributed by atoms with E-state index in [4.69, 9.17) is 4.74 Å². The summed E-state index contributed by atoms with van der Waals surface area (Å²) >= 11 is 0. The fraction of sp³-hybridized carbons (Fsp3) is 0.231. The van der Waals surface area contributed by atoms with Crippen LogP contribution in [-0.4, -0.2) is 49.5 Å². The fourth-order valence-electron chi connectivity index (χ4n) is 3.71. The molecule has 0 bridgehead atoms. The molecule has 6 nitrogen and oxygen atoms in total. The molecule has 33 heavy (non-hydrogen) atoms. The van der Waals surface area contributed by atoms with Gasteiger partial charge in [-0.05, 0) is 55.5 Å². The van der Waals surface area contributed by atoms with Gasteiger partial charge in [-0.3, -0.25) is 9.59 Å². The number of carbonyl (C=O) groups excluding carboxylic acids is 2. The van der Waals surface area contributed by atoms with Crippen molar-refractivity contribution in [2.24, 2.45) is 0 Å². The van der Waals surface area contributed by atoms with Crippen molar-refractivity contribution in [3.05, 3.63) is 89.7 Å². The SMILES string of the molecule is Cc1ccc(OCC(=O)Nc2ccc(N3CCN(C(=O)c4ccccc4F)CC3)cc2)cc1. The third kappa shape index (κ3) is 5.68. The van der Waals surface area contributed by atoms with Crippen LogP contribution in [0.15, 0.2) is 72.8 Å². The Morgan fingerprint density at radius 1 is 0.909 bits per heavy atom. The second-order valence-electron chi connectivity index (χ2n) is 7.96. The minimum Gasteiger partial charge on any atom is -0.484 e. The summed E-state index contributed by atoms with van der Waals surface area (Å²) in [7, 11) is 0. The first-order valence-corrected chi connectivity index (χ1v) is 10.9. The standard InChI is InChI=1S/C26H26FN3O3/c1-19-6-12-22(13-7-19)33-18-25(31)28-20-8-10-21(11-9-20)29-14-16-30(17-15-29)26(32)23-4-2-3-5-24(23)27/h2-13H,14-18H2,1H3,(H,28,31). The molecule has 0 unspecified atom stereocenters. The number of rotatable bonds is 6. The average Bonchev–Trinajstić information content (AvgIpc) is 2.84. The molecule has 1 aliphatic rings. The van der Waals surface area contributed by atoms with Crippen LogP contribution in [0.25, 0.3) is 0 Å². The van der Waals surface area contributed by atoms with Gasteiger partial charge >= 0.3 is 0 Å². The van der Waals surface area contributed by atoms with Crippen LogP contribution in [0.3, 0.4) is 0 Å². The first-order chi connectivity index (χ1) is 16.0. The van der Waals surface area contributed by atoms with Gasteiger partial charge in [0.05, 0.1) is 5.56 Å². The molecular formula is C26H26FN3O3. The second-order valence-corrected chi connectivity index (χ2v) is 7.96. The number of halogens is 1. The Morgan fingerprint density at radius 3 is 2.24 bits per heavy atom. The molecule has 2 amide bonds. The van der Waals surface area contributed by atoms with Gasteiger partial charge in [-0.15, -0.1) is 0 Å². The highest BCUT2D eigenvalue weighted by Gasteiger charge is 2.24. The number of carbonyl (C=O) groups is 2. The lowest BCUT2D eigenvalue weighted by molar-refractivity contribution is -0.118. The van der Waals surface area contributed by atoms with Gasteiger partial charge in [-0.1, -0.05) is 29.8 Å². The normalized spacial score (nSPS) is 13.5. The maximum atomic E-state index is 13.9. The van der Waals surface area contributed by atoms with E-state index in [9.17, 15) is 14.0 Å². The molecule has 1 saturated heterocycles. The summed E-state index contributed by atoms with van der Waals surface area (Å²) in [4.78, 5) is 28.6. The van der Waals surface area contributed by atoms with Crippen molar-refractivity contribution in [1.29, 1.82) is 0 Å². The third-order valence-electron chi connectivity index (χ3n) is 5.58. The summed E-state index contributed by atoms with van der Waals surface area (Å²) in [6.45, 7) is 4.25. The second kappa shape index (κ2) is 10.2. The fourth-order valence-corrected chi connectivity index (χ4v) is 3.71. The van der Waals surface area contributed by atoms with Crippen molar-refractivity contribution < 1.29 is 18.7 Å². The van der Waals surface area contributed by atoms with Gasteiger partial charge in [0.1, 0.15) is 11.6 Å². The zero-order valence-electron chi connectivity index (χ0n) is 18.5. The number of amides is 2. The Hall–Kier alpha value is -3.87. The van der Waals surface area contributed by atoms with E-state index < -0.39 is 5.82 Å². The third-order valence-corrected chi connectivity index (χ3v) is 5.58. The van der Waals surface area contributed by atoms with Crippen molar-refractivity contribution in [3.63, 3.8) is 0 Å². The molecule has 1 N–H and O–H groups in total. The predicted molar refractivity (Wildman–Crippen MR) is 126 cm³/mol. The minimum absolute atomic E-state index is 0.0667. The molecule has 0 aliphatic carbocycles. The van der Waals surface area contributed by atoms with Gasteiger partial charge in [0, 0.05) is 37.6 Å². The Balaban J connectivity index is 1.26. The Morgan fingerprint density at radius 2 is 1.58 bits per heavy atom. The number of nitrogens with zero attached hydrogens (tertiary/aromatic N) is 2. The van der Waals surface area contributed by atoms with Gasteiger partial charge < -0.3 is 19.9 Å². The van der Waals surface area contributed by atoms with Gasteiger partial charge in [0.15, 0.2) is 6.61 Å². The maximum Gasteiger partial charge on any atom is 0.262 e. The van der Waals surface area contributed by atoms with Crippen LogP contribution in [-0.2, 0) is 4.79 Å². The summed E-state index contributed by atoms with van der Waals surface area (Å²) in [5.74, 6) is -0.354. The minimum atomic E-state index is -0.494. The quantitative estimate of drug-likeness (QED) is 0.618. The van der Waals surface area contributed by atoms with Crippen molar-refractivity contribution in [3.8, 4) is 5.75 Å². The molecular weight excluding hydrogens is 421 g/mol. The molecule has 0 saturated carbocycles. The zero-order chi connectivity index (χ0) is 23.2. The number of piperazine rings is 1. The smallest absolute Gasteiger partial charge is 0.262 e. The molecule has 0 atom stereocenters. The summed E-state index contributed by atoms with van der Waals surface area (Å²) in [5, 5.41) is 2.83. The number of hydrogen-bond donors (Lipinski definition) is 1. The van der Waals surface area contributed by atoms with E-state index in [2.05, 4.69) is 10.2 Å². The summed E-state index contributed by atoms with van der Waals surface area (Å²) < 4.78 is 19.4. The molecule has 0 radical (unpaired) electrons. The van der Waals surface area contributed by atoms with Crippen molar-refractivity contribution in [1.82, 2.24) is 4.90 Å². The molecule has 3 aromatic rings. The van der Waals surface area contributed by atoms with E-state index in [0.717, 1.165) is 11.3 Å². The monoisotopic (exact) mass is 447 g/mol. The number of ether oxygens (including phenoxy) is 1. The van der Waals surface area contributed by atoms with Gasteiger partial charge in [-0.2, -0.15) is 0 Å². The Labute approximate surface area is 192 Å².